The molecule has 0 bridgehead atoms. The summed E-state index contributed by atoms with van der Waals surface area (Å²) in [7, 11) is 0. The molecule has 0 spiro atoms. The van der Waals surface area contributed by atoms with E-state index < -0.39 is 24.0 Å². The number of amides is 1. The molecule has 0 fully saturated rings. The molecule has 0 saturated heterocycles. The van der Waals surface area contributed by atoms with Crippen molar-refractivity contribution in [1.29, 1.82) is 0 Å². The topological polar surface area (TPSA) is 86.6 Å². The first-order valence-electron chi connectivity index (χ1n) is 5.43. The van der Waals surface area contributed by atoms with E-state index in [-0.39, 0.29) is 6.42 Å². The molecule has 0 radical (unpaired) electrons. The highest BCUT2D eigenvalue weighted by Crippen LogP contribution is 2.12. The number of carboxylic acids is 1. The second-order valence-electron chi connectivity index (χ2n) is 3.72. The quantitative estimate of drug-likeness (QED) is 0.570. The lowest BCUT2D eigenvalue weighted by atomic mass is 10.1. The van der Waals surface area contributed by atoms with Crippen LogP contribution in [0.1, 0.15) is 18.1 Å². The van der Waals surface area contributed by atoms with Gasteiger partial charge in [-0.15, -0.1) is 0 Å². The molecule has 98 valence electrons. The van der Waals surface area contributed by atoms with Crippen molar-refractivity contribution in [2.75, 3.05) is 5.75 Å². The number of aliphatic hydroxyl groups excluding tert-OH is 1. The normalized spacial score (nSPS) is 13.7. The maximum Gasteiger partial charge on any atom is 0.326 e. The maximum atomic E-state index is 11.7. The number of benzene rings is 1. The Hall–Kier alpha value is -1.53. The number of aliphatic hydroxyl groups is 1. The minimum absolute atomic E-state index is 0.200. The maximum absolute atomic E-state index is 11.7. The summed E-state index contributed by atoms with van der Waals surface area (Å²) in [5.74, 6) is -1.54. The van der Waals surface area contributed by atoms with Crippen molar-refractivity contribution in [2.24, 2.45) is 0 Å². The van der Waals surface area contributed by atoms with Crippen molar-refractivity contribution in [1.82, 2.24) is 5.32 Å². The SMILES string of the molecule is O=C(O)C(CCS)NC(=O)C(O)c1ccccc1. The van der Waals surface area contributed by atoms with Gasteiger partial charge in [0, 0.05) is 0 Å². The number of carbonyl (C=O) groups excluding carboxylic acids is 1. The summed E-state index contributed by atoms with van der Waals surface area (Å²) in [4.78, 5) is 22.5. The largest absolute Gasteiger partial charge is 0.480 e. The summed E-state index contributed by atoms with van der Waals surface area (Å²) in [6, 6.07) is 7.29. The van der Waals surface area contributed by atoms with Gasteiger partial charge in [-0.05, 0) is 17.7 Å². The number of nitrogens with one attached hydrogen (secondary N) is 1. The second-order valence-corrected chi connectivity index (χ2v) is 4.17. The minimum atomic E-state index is -1.37. The molecule has 3 N–H and O–H groups in total. The standard InChI is InChI=1S/C12H15NO4S/c14-10(8-4-2-1-3-5-8)11(15)13-9(6-7-18)12(16)17/h1-5,9-10,14,18H,6-7H2,(H,13,15)(H,16,17). The van der Waals surface area contributed by atoms with Gasteiger partial charge in [0.2, 0.25) is 0 Å². The molecule has 1 aromatic carbocycles. The zero-order chi connectivity index (χ0) is 13.5. The van der Waals surface area contributed by atoms with E-state index in [1.165, 1.54) is 0 Å². The van der Waals surface area contributed by atoms with E-state index in [0.29, 0.717) is 11.3 Å². The van der Waals surface area contributed by atoms with Gasteiger partial charge < -0.3 is 15.5 Å². The molecule has 1 amide bonds. The highest BCUT2D eigenvalue weighted by Gasteiger charge is 2.24. The van der Waals surface area contributed by atoms with E-state index in [0.717, 1.165) is 0 Å². The molecule has 0 aliphatic heterocycles. The van der Waals surface area contributed by atoms with Crippen molar-refractivity contribution in [3.63, 3.8) is 0 Å². The Morgan fingerprint density at radius 1 is 1.28 bits per heavy atom. The third kappa shape index (κ3) is 4.05. The van der Waals surface area contributed by atoms with E-state index >= 15 is 0 Å². The van der Waals surface area contributed by atoms with Crippen LogP contribution >= 0.6 is 12.6 Å². The lowest BCUT2D eigenvalue weighted by Gasteiger charge is -2.16. The highest BCUT2D eigenvalue weighted by atomic mass is 32.1. The highest BCUT2D eigenvalue weighted by molar-refractivity contribution is 7.80. The van der Waals surface area contributed by atoms with Gasteiger partial charge in [-0.2, -0.15) is 12.6 Å². The molecule has 1 rings (SSSR count). The molecular formula is C12H15NO4S. The third-order valence-electron chi connectivity index (χ3n) is 2.40. The van der Waals surface area contributed by atoms with Crippen molar-refractivity contribution in [2.45, 2.75) is 18.6 Å². The van der Waals surface area contributed by atoms with Gasteiger partial charge >= 0.3 is 5.97 Å². The number of carbonyl (C=O) groups is 2. The van der Waals surface area contributed by atoms with Crippen LogP contribution in [0.3, 0.4) is 0 Å². The van der Waals surface area contributed by atoms with Crippen molar-refractivity contribution in [3.05, 3.63) is 35.9 Å². The van der Waals surface area contributed by atoms with Crippen LogP contribution < -0.4 is 5.32 Å². The summed E-state index contributed by atoms with van der Waals surface area (Å²) < 4.78 is 0. The third-order valence-corrected chi connectivity index (χ3v) is 2.65. The number of thiol groups is 1. The summed E-state index contributed by atoms with van der Waals surface area (Å²) >= 11 is 3.92. The molecular weight excluding hydrogens is 254 g/mol. The molecule has 1 aromatic rings. The molecule has 0 aliphatic rings. The number of aliphatic carboxylic acids is 1. The van der Waals surface area contributed by atoms with E-state index in [1.807, 2.05) is 0 Å². The van der Waals surface area contributed by atoms with E-state index in [4.69, 9.17) is 5.11 Å². The molecule has 0 aliphatic carbocycles. The fraction of sp³-hybridized carbons (Fsp3) is 0.333. The van der Waals surface area contributed by atoms with Crippen LogP contribution in [0.15, 0.2) is 30.3 Å². The van der Waals surface area contributed by atoms with Crippen LogP contribution in [0.5, 0.6) is 0 Å². The van der Waals surface area contributed by atoms with Gasteiger partial charge in [-0.1, -0.05) is 30.3 Å². The van der Waals surface area contributed by atoms with E-state index in [1.54, 1.807) is 30.3 Å². The molecule has 0 saturated carbocycles. The number of carboxylic acid groups (broad SMARTS) is 1. The first kappa shape index (κ1) is 14.5. The lowest BCUT2D eigenvalue weighted by molar-refractivity contribution is -0.143. The lowest BCUT2D eigenvalue weighted by Crippen LogP contribution is -2.43. The van der Waals surface area contributed by atoms with Gasteiger partial charge in [0.25, 0.3) is 5.91 Å². The Bertz CT molecular complexity index is 410. The summed E-state index contributed by atoms with van der Waals surface area (Å²) in [6.07, 6.45) is -1.17. The number of hydrogen-bond acceptors (Lipinski definition) is 4. The van der Waals surface area contributed by atoms with Crippen LogP contribution in [-0.4, -0.2) is 33.9 Å². The van der Waals surface area contributed by atoms with E-state index in [2.05, 4.69) is 17.9 Å². The monoisotopic (exact) mass is 269 g/mol. The van der Waals surface area contributed by atoms with Crippen LogP contribution in [0, 0.1) is 0 Å². The first-order chi connectivity index (χ1) is 8.56. The van der Waals surface area contributed by atoms with Crippen molar-refractivity contribution >= 4 is 24.5 Å². The molecule has 6 heteroatoms. The van der Waals surface area contributed by atoms with Crippen molar-refractivity contribution < 1.29 is 19.8 Å². The average Bonchev–Trinajstić information content (AvgIpc) is 2.38. The van der Waals surface area contributed by atoms with Gasteiger partial charge in [0.15, 0.2) is 6.10 Å². The first-order valence-corrected chi connectivity index (χ1v) is 6.06. The van der Waals surface area contributed by atoms with Gasteiger partial charge in [-0.25, -0.2) is 4.79 Å². The molecule has 2 atom stereocenters. The minimum Gasteiger partial charge on any atom is -0.480 e. The molecule has 0 heterocycles. The zero-order valence-electron chi connectivity index (χ0n) is 9.61. The Balaban J connectivity index is 2.67. The molecule has 0 aromatic heterocycles. The second kappa shape index (κ2) is 7.03. The van der Waals surface area contributed by atoms with Crippen LogP contribution in [0.4, 0.5) is 0 Å². The fourth-order valence-corrected chi connectivity index (χ4v) is 1.68. The Labute approximate surface area is 110 Å². The van der Waals surface area contributed by atoms with E-state index in [9.17, 15) is 14.7 Å². The summed E-state index contributed by atoms with van der Waals surface area (Å²) in [5.41, 5.74) is 0.421. The van der Waals surface area contributed by atoms with Gasteiger partial charge in [0.05, 0.1) is 0 Å². The van der Waals surface area contributed by atoms with Gasteiger partial charge in [-0.3, -0.25) is 4.79 Å². The number of rotatable bonds is 6. The molecule has 18 heavy (non-hydrogen) atoms. The molecule has 2 unspecified atom stereocenters. The van der Waals surface area contributed by atoms with Gasteiger partial charge in [0.1, 0.15) is 6.04 Å². The van der Waals surface area contributed by atoms with Crippen LogP contribution in [0.2, 0.25) is 0 Å². The Kier molecular flexibility index (Phi) is 5.67. The van der Waals surface area contributed by atoms with Crippen molar-refractivity contribution in [3.8, 4) is 0 Å². The summed E-state index contributed by atoms with van der Waals surface area (Å²) in [5, 5.41) is 20.9. The van der Waals surface area contributed by atoms with Crippen LogP contribution in [-0.2, 0) is 9.59 Å². The average molecular weight is 269 g/mol. The van der Waals surface area contributed by atoms with Crippen LogP contribution in [0.25, 0.3) is 0 Å². The summed E-state index contributed by atoms with van der Waals surface area (Å²) in [6.45, 7) is 0. The predicted molar refractivity (Wildman–Crippen MR) is 69.4 cm³/mol. The predicted octanol–water partition coefficient (Wildman–Crippen LogP) is 0.609. The Morgan fingerprint density at radius 2 is 1.89 bits per heavy atom. The number of hydrogen-bond donors (Lipinski definition) is 4. The molecule has 5 nitrogen and oxygen atoms in total. The smallest absolute Gasteiger partial charge is 0.326 e. The fourth-order valence-electron chi connectivity index (χ4n) is 1.42. The Morgan fingerprint density at radius 3 is 2.39 bits per heavy atom. The zero-order valence-corrected chi connectivity index (χ0v) is 10.5.